The van der Waals surface area contributed by atoms with Crippen molar-refractivity contribution < 1.29 is 19.0 Å². The van der Waals surface area contributed by atoms with Crippen molar-refractivity contribution in [1.29, 1.82) is 0 Å². The van der Waals surface area contributed by atoms with Crippen LogP contribution < -0.4 is 11.0 Å². The van der Waals surface area contributed by atoms with E-state index >= 15 is 0 Å². The first-order valence-corrected chi connectivity index (χ1v) is 10.3. The maximum atomic E-state index is 11.8. The number of furan rings is 1. The molecule has 0 aliphatic rings. The van der Waals surface area contributed by atoms with Crippen molar-refractivity contribution in [2.45, 2.75) is 40.0 Å². The van der Waals surface area contributed by atoms with Crippen molar-refractivity contribution in [2.75, 3.05) is 0 Å². The van der Waals surface area contributed by atoms with Crippen LogP contribution in [0.4, 0.5) is 0 Å². The second kappa shape index (κ2) is 6.58. The quantitative estimate of drug-likeness (QED) is 0.595. The average molecular weight is 373 g/mol. The number of fused-ring (bicyclic) bond motifs is 1. The van der Waals surface area contributed by atoms with E-state index in [1.807, 2.05) is 45.0 Å². The molecule has 4 N–H and O–H groups in total. The molecule has 1 unspecified atom stereocenters. The molecule has 0 radical (unpaired) electrons. The van der Waals surface area contributed by atoms with E-state index in [1.54, 1.807) is 13.0 Å². The molecule has 0 saturated heterocycles. The van der Waals surface area contributed by atoms with Gasteiger partial charge in [0.15, 0.2) is 0 Å². The Labute approximate surface area is 153 Å². The lowest BCUT2D eigenvalue weighted by Gasteiger charge is -2.12. The molecule has 0 fully saturated rings. The molecule has 0 aliphatic heterocycles. The number of rotatable bonds is 4. The van der Waals surface area contributed by atoms with Gasteiger partial charge < -0.3 is 14.4 Å². The highest BCUT2D eigenvalue weighted by Gasteiger charge is 2.26. The Bertz CT molecular complexity index is 1030. The summed E-state index contributed by atoms with van der Waals surface area (Å²) in [5, 5.41) is 10.8. The highest BCUT2D eigenvalue weighted by Crippen LogP contribution is 2.37. The Morgan fingerprint density at radius 2 is 1.85 bits per heavy atom. The van der Waals surface area contributed by atoms with Crippen molar-refractivity contribution in [2.24, 2.45) is 5.50 Å². The summed E-state index contributed by atoms with van der Waals surface area (Å²) in [6.45, 7) is 7.83. The fourth-order valence-corrected chi connectivity index (χ4v) is 4.28. The Morgan fingerprint density at radius 1 is 1.15 bits per heavy atom. The number of nitrogens with two attached hydrogens (primary N) is 1. The molecule has 0 spiro atoms. The van der Waals surface area contributed by atoms with Crippen LogP contribution in [0.2, 0.25) is 0 Å². The first kappa shape index (κ1) is 18.7. The summed E-state index contributed by atoms with van der Waals surface area (Å²) in [7, 11) is -3.95. The molecule has 1 atom stereocenters. The number of hydrogen-bond donors (Lipinski definition) is 3. The second-order valence-corrected chi connectivity index (χ2v) is 8.75. The Kier molecular flexibility index (Phi) is 4.74. The van der Waals surface area contributed by atoms with Crippen LogP contribution in [0.5, 0.6) is 5.75 Å². The normalized spacial score (nSPS) is 14.1. The van der Waals surface area contributed by atoms with Gasteiger partial charge in [-0.15, -0.1) is 0 Å². The summed E-state index contributed by atoms with van der Waals surface area (Å²) < 4.78 is 17.4. The zero-order valence-electron chi connectivity index (χ0n) is 15.4. The van der Waals surface area contributed by atoms with E-state index in [0.29, 0.717) is 23.3 Å². The van der Waals surface area contributed by atoms with Crippen LogP contribution in [0.3, 0.4) is 0 Å². The summed E-state index contributed by atoms with van der Waals surface area (Å²) in [5.41, 5.74) is 10.6. The minimum Gasteiger partial charge on any atom is -0.508 e. The largest absolute Gasteiger partial charge is 0.508 e. The minimum absolute atomic E-state index is 0.0422. The molecule has 2 aromatic carbocycles. The van der Waals surface area contributed by atoms with Crippen LogP contribution in [0.15, 0.2) is 34.7 Å². The van der Waals surface area contributed by atoms with Crippen LogP contribution in [0.1, 0.15) is 47.6 Å². The number of aromatic hydroxyl groups is 1. The van der Waals surface area contributed by atoms with Crippen LogP contribution in [-0.2, 0) is 11.0 Å². The predicted octanol–water partition coefficient (Wildman–Crippen LogP) is 4.24. The molecular weight excluding hydrogens is 349 g/mol. The lowest BCUT2D eigenvalue weighted by molar-refractivity contribution is 0.464. The monoisotopic (exact) mass is 373 g/mol. The van der Waals surface area contributed by atoms with Gasteiger partial charge in [-0.3, -0.25) is 10.1 Å². The molecule has 0 bridgehead atoms. The van der Waals surface area contributed by atoms with Crippen molar-refractivity contribution in [1.82, 2.24) is 0 Å². The minimum atomic E-state index is -3.95. The van der Waals surface area contributed by atoms with Crippen LogP contribution in [0.25, 0.3) is 11.0 Å². The van der Waals surface area contributed by atoms with Gasteiger partial charge in [0.05, 0.1) is 0 Å². The van der Waals surface area contributed by atoms with Gasteiger partial charge in [-0.25, -0.2) is 0 Å². The fraction of sp³-hybridized carbons (Fsp3) is 0.300. The predicted molar refractivity (Wildman–Crippen MR) is 104 cm³/mol. The van der Waals surface area contributed by atoms with Gasteiger partial charge in [-0.1, -0.05) is 32.0 Å². The van der Waals surface area contributed by atoms with Crippen LogP contribution in [-0.4, -0.2) is 10.00 Å². The highest BCUT2D eigenvalue weighted by atomic mass is 31.2. The van der Waals surface area contributed by atoms with E-state index < -0.39 is 7.52 Å². The molecule has 3 rings (SSSR count). The molecule has 1 aromatic heterocycles. The standard InChI is InChI=1S/C20H24NO4P/c1-11(2)16-10-14(5-7-17(16)22)9-15-6-8-18-19(12(15)3)13(4)20(25-18)26(21,23)24/h5-8,10-11,22H,9H2,1-4H3,(H3,21,23,24). The van der Waals surface area contributed by atoms with Crippen LogP contribution >= 0.6 is 7.52 Å². The van der Waals surface area contributed by atoms with Crippen molar-refractivity contribution >= 4 is 24.0 Å². The summed E-state index contributed by atoms with van der Waals surface area (Å²) in [6, 6.07) is 9.45. The molecule has 5 nitrogen and oxygen atoms in total. The summed E-state index contributed by atoms with van der Waals surface area (Å²) >= 11 is 0. The second-order valence-electron chi connectivity index (χ2n) is 7.10. The summed E-state index contributed by atoms with van der Waals surface area (Å²) in [6.07, 6.45) is 0.696. The number of hydrogen-bond acceptors (Lipinski definition) is 3. The van der Waals surface area contributed by atoms with Gasteiger partial charge in [-0.2, -0.15) is 0 Å². The lowest BCUT2D eigenvalue weighted by atomic mass is 9.93. The van der Waals surface area contributed by atoms with Gasteiger partial charge in [0.2, 0.25) is 5.50 Å². The van der Waals surface area contributed by atoms with E-state index in [9.17, 15) is 14.6 Å². The zero-order valence-corrected chi connectivity index (χ0v) is 16.3. The maximum Gasteiger partial charge on any atom is 0.329 e. The molecule has 1 heterocycles. The van der Waals surface area contributed by atoms with Gasteiger partial charge in [-0.05, 0) is 60.6 Å². The van der Waals surface area contributed by atoms with Gasteiger partial charge in [0, 0.05) is 10.9 Å². The summed E-state index contributed by atoms with van der Waals surface area (Å²) in [4.78, 5) is 9.69. The maximum absolute atomic E-state index is 11.8. The first-order chi connectivity index (χ1) is 12.1. The number of phenols is 1. The molecule has 26 heavy (non-hydrogen) atoms. The SMILES string of the molecule is Cc1c(Cc2ccc(O)c(C(C)C)c2)ccc2oc(P(N)(=O)O)c(C)c12. The van der Waals surface area contributed by atoms with Crippen LogP contribution in [0, 0.1) is 13.8 Å². The number of phenolic OH excluding ortho intramolecular Hbond substituents is 1. The first-order valence-electron chi connectivity index (χ1n) is 8.55. The molecule has 138 valence electrons. The third kappa shape index (κ3) is 3.30. The fourth-order valence-electron chi connectivity index (χ4n) is 3.46. The third-order valence-electron chi connectivity index (χ3n) is 4.84. The Balaban J connectivity index is 2.07. The molecule has 0 aliphatic carbocycles. The highest BCUT2D eigenvalue weighted by molar-refractivity contribution is 7.63. The molecule has 0 saturated carbocycles. The van der Waals surface area contributed by atoms with E-state index in [4.69, 9.17) is 9.92 Å². The van der Waals surface area contributed by atoms with Crippen molar-refractivity contribution in [3.05, 3.63) is 58.1 Å². The van der Waals surface area contributed by atoms with Gasteiger partial charge >= 0.3 is 7.52 Å². The van der Waals surface area contributed by atoms with Crippen molar-refractivity contribution in [3.63, 3.8) is 0 Å². The number of benzene rings is 2. The van der Waals surface area contributed by atoms with E-state index in [2.05, 4.69) is 0 Å². The zero-order chi connectivity index (χ0) is 19.2. The molecule has 0 amide bonds. The Morgan fingerprint density at radius 3 is 2.46 bits per heavy atom. The third-order valence-corrected chi connectivity index (χ3v) is 5.85. The van der Waals surface area contributed by atoms with E-state index in [0.717, 1.165) is 27.6 Å². The lowest BCUT2D eigenvalue weighted by Crippen LogP contribution is -2.11. The molecular formula is C20H24NO4P. The van der Waals surface area contributed by atoms with Gasteiger partial charge in [0.1, 0.15) is 11.3 Å². The van der Waals surface area contributed by atoms with E-state index in [1.165, 1.54) is 0 Å². The number of aryl methyl sites for hydroxylation is 2. The Hall–Kier alpha value is -2.07. The smallest absolute Gasteiger partial charge is 0.329 e. The molecule has 6 heteroatoms. The molecule has 3 aromatic rings. The van der Waals surface area contributed by atoms with Crippen molar-refractivity contribution in [3.8, 4) is 5.75 Å². The topological polar surface area (TPSA) is 96.7 Å². The average Bonchev–Trinajstić information content (AvgIpc) is 2.89. The summed E-state index contributed by atoms with van der Waals surface area (Å²) in [5.74, 6) is 0.549. The van der Waals surface area contributed by atoms with Gasteiger partial charge in [0.25, 0.3) is 0 Å². The van der Waals surface area contributed by atoms with E-state index in [-0.39, 0.29) is 11.4 Å².